The molecule has 3 nitrogen and oxygen atoms in total. The minimum absolute atomic E-state index is 0.160. The molecule has 0 bridgehead atoms. The van der Waals surface area contributed by atoms with Crippen molar-refractivity contribution in [3.05, 3.63) is 51.5 Å². The number of nitrogens with one attached hydrogen (secondary N) is 1. The van der Waals surface area contributed by atoms with Crippen molar-refractivity contribution < 1.29 is 4.39 Å². The molecule has 1 aromatic heterocycles. The smallest absolute Gasteiger partial charge is 0.124 e. The second kappa shape index (κ2) is 6.50. The van der Waals surface area contributed by atoms with Crippen LogP contribution in [0.2, 0.25) is 0 Å². The van der Waals surface area contributed by atoms with E-state index in [1.165, 1.54) is 12.1 Å². The first kappa shape index (κ1) is 15.2. The average Bonchev–Trinajstić information content (AvgIpc) is 2.71. The predicted octanol–water partition coefficient (Wildman–Crippen LogP) is 3.52. The third-order valence-corrected chi connectivity index (χ3v) is 4.02. The zero-order valence-electron chi connectivity index (χ0n) is 12.0. The number of halogens is 2. The molecule has 0 saturated heterocycles. The van der Waals surface area contributed by atoms with Gasteiger partial charge in [0.25, 0.3) is 0 Å². The summed E-state index contributed by atoms with van der Waals surface area (Å²) in [6.07, 6.45) is 0.785. The molecule has 0 spiro atoms. The molecule has 108 valence electrons. The average molecular weight is 340 g/mol. The first-order valence-electron chi connectivity index (χ1n) is 6.69. The highest BCUT2D eigenvalue weighted by atomic mass is 79.9. The zero-order chi connectivity index (χ0) is 14.7. The lowest BCUT2D eigenvalue weighted by molar-refractivity contribution is 0.506. The Hall–Kier alpha value is -1.20. The lowest BCUT2D eigenvalue weighted by Gasteiger charge is -2.19. The van der Waals surface area contributed by atoms with Crippen LogP contribution < -0.4 is 5.32 Å². The Morgan fingerprint density at radius 2 is 2.15 bits per heavy atom. The number of aromatic nitrogens is 2. The number of hydrogen-bond acceptors (Lipinski definition) is 2. The monoisotopic (exact) mass is 339 g/mol. The summed E-state index contributed by atoms with van der Waals surface area (Å²) in [5.74, 6) is -0.225. The van der Waals surface area contributed by atoms with E-state index in [1.807, 2.05) is 24.7 Å². The molecule has 0 amide bonds. The van der Waals surface area contributed by atoms with Gasteiger partial charge in [-0.1, -0.05) is 28.9 Å². The molecular formula is C15H19BrFN3. The summed E-state index contributed by atoms with van der Waals surface area (Å²) in [7, 11) is 1.95. The van der Waals surface area contributed by atoms with Gasteiger partial charge in [0.15, 0.2) is 0 Å². The fourth-order valence-electron chi connectivity index (χ4n) is 2.39. The van der Waals surface area contributed by atoms with Crippen LogP contribution in [0.1, 0.15) is 29.9 Å². The highest BCUT2D eigenvalue weighted by molar-refractivity contribution is 9.10. The van der Waals surface area contributed by atoms with Gasteiger partial charge in [-0.25, -0.2) is 4.39 Å². The maximum absolute atomic E-state index is 13.2. The third kappa shape index (κ3) is 3.46. The minimum Gasteiger partial charge on any atom is -0.309 e. The van der Waals surface area contributed by atoms with Crippen molar-refractivity contribution in [2.45, 2.75) is 26.3 Å². The summed E-state index contributed by atoms with van der Waals surface area (Å²) in [5, 5.41) is 7.87. The van der Waals surface area contributed by atoms with Gasteiger partial charge >= 0.3 is 0 Å². The van der Waals surface area contributed by atoms with Gasteiger partial charge < -0.3 is 5.32 Å². The van der Waals surface area contributed by atoms with Crippen LogP contribution in [-0.2, 0) is 13.5 Å². The van der Waals surface area contributed by atoms with E-state index >= 15 is 0 Å². The second-order valence-electron chi connectivity index (χ2n) is 4.88. The standard InChI is InChI=1S/C15H19BrFN3/c1-4-18-14(15-7-10(2)19-20(15)3)8-11-5-6-12(17)9-13(11)16/h5-7,9,14,18H,4,8H2,1-3H3. The van der Waals surface area contributed by atoms with Crippen LogP contribution in [0.3, 0.4) is 0 Å². The van der Waals surface area contributed by atoms with Crippen LogP contribution in [-0.4, -0.2) is 16.3 Å². The normalized spacial score (nSPS) is 12.7. The van der Waals surface area contributed by atoms with E-state index in [0.29, 0.717) is 0 Å². The summed E-state index contributed by atoms with van der Waals surface area (Å²) in [5.41, 5.74) is 3.22. The fraction of sp³-hybridized carbons (Fsp3) is 0.400. The Bertz CT molecular complexity index is 595. The third-order valence-electron chi connectivity index (χ3n) is 3.28. The summed E-state index contributed by atoms with van der Waals surface area (Å²) in [4.78, 5) is 0. The highest BCUT2D eigenvalue weighted by Crippen LogP contribution is 2.25. The van der Waals surface area contributed by atoms with Crippen LogP contribution in [0.4, 0.5) is 4.39 Å². The second-order valence-corrected chi connectivity index (χ2v) is 5.74. The van der Waals surface area contributed by atoms with Crippen molar-refractivity contribution in [1.82, 2.24) is 15.1 Å². The predicted molar refractivity (Wildman–Crippen MR) is 82.2 cm³/mol. The van der Waals surface area contributed by atoms with Crippen LogP contribution in [0.25, 0.3) is 0 Å². The number of rotatable bonds is 5. The molecule has 2 rings (SSSR count). The molecular weight excluding hydrogens is 321 g/mol. The summed E-state index contributed by atoms with van der Waals surface area (Å²) in [6.45, 7) is 4.93. The van der Waals surface area contributed by atoms with Crippen molar-refractivity contribution >= 4 is 15.9 Å². The van der Waals surface area contributed by atoms with Gasteiger partial charge in [-0.05, 0) is 43.7 Å². The molecule has 0 saturated carbocycles. The molecule has 20 heavy (non-hydrogen) atoms. The largest absolute Gasteiger partial charge is 0.309 e. The van der Waals surface area contributed by atoms with Crippen LogP contribution in [0, 0.1) is 12.7 Å². The Morgan fingerprint density at radius 3 is 2.70 bits per heavy atom. The minimum atomic E-state index is -0.225. The molecule has 0 fully saturated rings. The molecule has 1 unspecified atom stereocenters. The highest BCUT2D eigenvalue weighted by Gasteiger charge is 2.17. The van der Waals surface area contributed by atoms with Gasteiger partial charge in [0, 0.05) is 11.5 Å². The van der Waals surface area contributed by atoms with Crippen LogP contribution in [0.5, 0.6) is 0 Å². The van der Waals surface area contributed by atoms with Gasteiger partial charge in [-0.3, -0.25) is 4.68 Å². The van der Waals surface area contributed by atoms with E-state index in [0.717, 1.165) is 34.4 Å². The lowest BCUT2D eigenvalue weighted by Crippen LogP contribution is -2.25. The molecule has 0 radical (unpaired) electrons. The molecule has 2 aromatic rings. The van der Waals surface area contributed by atoms with Gasteiger partial charge in [0.05, 0.1) is 17.4 Å². The van der Waals surface area contributed by atoms with E-state index in [1.54, 1.807) is 0 Å². The molecule has 1 N–H and O–H groups in total. The van der Waals surface area contributed by atoms with Crippen molar-refractivity contribution in [2.24, 2.45) is 7.05 Å². The molecule has 0 aliphatic rings. The van der Waals surface area contributed by atoms with Crippen molar-refractivity contribution in [2.75, 3.05) is 6.54 Å². The van der Waals surface area contributed by atoms with E-state index in [2.05, 4.69) is 39.3 Å². The Balaban J connectivity index is 2.27. The Morgan fingerprint density at radius 1 is 1.40 bits per heavy atom. The van der Waals surface area contributed by atoms with E-state index in [-0.39, 0.29) is 11.9 Å². The lowest BCUT2D eigenvalue weighted by atomic mass is 10.0. The van der Waals surface area contributed by atoms with Crippen molar-refractivity contribution in [1.29, 1.82) is 0 Å². The van der Waals surface area contributed by atoms with E-state index < -0.39 is 0 Å². The Kier molecular flexibility index (Phi) is 4.94. The molecule has 1 heterocycles. The van der Waals surface area contributed by atoms with Gasteiger partial charge in [0.2, 0.25) is 0 Å². The number of likely N-dealkylation sites (N-methyl/N-ethyl adjacent to an activating group) is 1. The van der Waals surface area contributed by atoms with Gasteiger partial charge in [-0.2, -0.15) is 5.10 Å². The van der Waals surface area contributed by atoms with Crippen molar-refractivity contribution in [3.8, 4) is 0 Å². The van der Waals surface area contributed by atoms with Gasteiger partial charge in [0.1, 0.15) is 5.82 Å². The number of hydrogen-bond donors (Lipinski definition) is 1. The molecule has 5 heteroatoms. The van der Waals surface area contributed by atoms with Crippen LogP contribution in [0.15, 0.2) is 28.7 Å². The maximum Gasteiger partial charge on any atom is 0.124 e. The first-order chi connectivity index (χ1) is 9.51. The molecule has 1 atom stereocenters. The number of nitrogens with zero attached hydrogens (tertiary/aromatic N) is 2. The van der Waals surface area contributed by atoms with Crippen LogP contribution >= 0.6 is 15.9 Å². The Labute approximate surface area is 127 Å². The number of aryl methyl sites for hydroxylation is 2. The molecule has 0 aliphatic heterocycles. The fourth-order valence-corrected chi connectivity index (χ4v) is 2.90. The quantitative estimate of drug-likeness (QED) is 0.903. The summed E-state index contributed by atoms with van der Waals surface area (Å²) >= 11 is 3.43. The summed E-state index contributed by atoms with van der Waals surface area (Å²) < 4.78 is 15.9. The zero-order valence-corrected chi connectivity index (χ0v) is 13.5. The molecule has 1 aromatic carbocycles. The first-order valence-corrected chi connectivity index (χ1v) is 7.48. The van der Waals surface area contributed by atoms with E-state index in [9.17, 15) is 4.39 Å². The van der Waals surface area contributed by atoms with Crippen molar-refractivity contribution in [3.63, 3.8) is 0 Å². The maximum atomic E-state index is 13.2. The number of benzene rings is 1. The molecule has 0 aliphatic carbocycles. The van der Waals surface area contributed by atoms with Gasteiger partial charge in [-0.15, -0.1) is 0 Å². The topological polar surface area (TPSA) is 29.9 Å². The summed E-state index contributed by atoms with van der Waals surface area (Å²) in [6, 6.07) is 7.08. The van der Waals surface area contributed by atoms with E-state index in [4.69, 9.17) is 0 Å². The SMILES string of the molecule is CCNC(Cc1ccc(F)cc1Br)c1cc(C)nn1C.